The van der Waals surface area contributed by atoms with Gasteiger partial charge in [0.15, 0.2) is 0 Å². The summed E-state index contributed by atoms with van der Waals surface area (Å²) in [5.41, 5.74) is 3.40. The highest BCUT2D eigenvalue weighted by molar-refractivity contribution is 6.21. The first-order valence-corrected chi connectivity index (χ1v) is 7.50. The van der Waals surface area contributed by atoms with Crippen molar-refractivity contribution >= 4 is 28.5 Å². The van der Waals surface area contributed by atoms with Gasteiger partial charge in [-0.2, -0.15) is 0 Å². The fourth-order valence-corrected chi connectivity index (χ4v) is 3.02. The number of nitrogens with zero attached hydrogens (tertiary/aromatic N) is 3. The summed E-state index contributed by atoms with van der Waals surface area (Å²) in [6.45, 7) is 1.97. The molecule has 0 N–H and O–H groups in total. The van der Waals surface area contributed by atoms with E-state index in [4.69, 9.17) is 0 Å². The minimum Gasteiger partial charge on any atom is -0.317 e. The second-order valence-electron chi connectivity index (χ2n) is 5.76. The van der Waals surface area contributed by atoms with Gasteiger partial charge < -0.3 is 4.57 Å². The molecule has 1 aromatic heterocycles. The summed E-state index contributed by atoms with van der Waals surface area (Å²) in [4.78, 5) is 30.8. The Morgan fingerprint density at radius 3 is 2.57 bits per heavy atom. The molecule has 0 saturated carbocycles. The van der Waals surface area contributed by atoms with Crippen LogP contribution in [0.25, 0.3) is 11.0 Å². The Morgan fingerprint density at radius 2 is 1.78 bits per heavy atom. The third-order valence-corrected chi connectivity index (χ3v) is 4.23. The number of benzene rings is 2. The van der Waals surface area contributed by atoms with Crippen LogP contribution in [-0.4, -0.2) is 21.4 Å². The molecule has 0 bridgehead atoms. The van der Waals surface area contributed by atoms with Crippen molar-refractivity contribution in [3.05, 3.63) is 60.4 Å². The van der Waals surface area contributed by atoms with Gasteiger partial charge >= 0.3 is 0 Å². The van der Waals surface area contributed by atoms with Crippen LogP contribution in [0.5, 0.6) is 0 Å². The van der Waals surface area contributed by atoms with Gasteiger partial charge in [-0.05, 0) is 31.2 Å². The lowest BCUT2D eigenvalue weighted by atomic mass is 10.2. The number of para-hydroxylation sites is 2. The fraction of sp³-hybridized carbons (Fsp3) is 0.167. The predicted octanol–water partition coefficient (Wildman–Crippen LogP) is 2.85. The van der Waals surface area contributed by atoms with E-state index in [1.807, 2.05) is 43.3 Å². The van der Waals surface area contributed by atoms with Gasteiger partial charge in [-0.3, -0.25) is 9.59 Å². The summed E-state index contributed by atoms with van der Waals surface area (Å²) < 4.78 is 1.80. The molecular weight excluding hydrogens is 290 g/mol. The first-order valence-electron chi connectivity index (χ1n) is 7.50. The number of amides is 2. The molecule has 1 aliphatic rings. The second-order valence-corrected chi connectivity index (χ2v) is 5.76. The maximum absolute atomic E-state index is 12.8. The van der Waals surface area contributed by atoms with E-state index < -0.39 is 6.04 Å². The molecule has 0 spiro atoms. The van der Waals surface area contributed by atoms with Crippen LogP contribution in [0, 0.1) is 6.92 Å². The van der Waals surface area contributed by atoms with Crippen LogP contribution in [0.4, 0.5) is 5.69 Å². The lowest BCUT2D eigenvalue weighted by molar-refractivity contribution is -0.122. The lowest BCUT2D eigenvalue weighted by Crippen LogP contribution is -2.31. The average molecular weight is 305 g/mol. The molecule has 1 aliphatic heterocycles. The van der Waals surface area contributed by atoms with Gasteiger partial charge in [0.05, 0.1) is 29.5 Å². The minimum atomic E-state index is -0.531. The van der Waals surface area contributed by atoms with E-state index in [0.29, 0.717) is 5.69 Å². The highest BCUT2D eigenvalue weighted by atomic mass is 16.2. The monoisotopic (exact) mass is 305 g/mol. The SMILES string of the molecule is Cc1ccc(N2C(=O)C[C@@H](n3cnc4ccccc43)C2=O)cc1. The van der Waals surface area contributed by atoms with Gasteiger partial charge in [0.25, 0.3) is 5.91 Å². The number of carbonyl (C=O) groups excluding carboxylic acids is 2. The maximum atomic E-state index is 12.8. The van der Waals surface area contributed by atoms with Crippen LogP contribution >= 0.6 is 0 Å². The number of hydrogen-bond donors (Lipinski definition) is 0. The molecule has 3 aromatic rings. The number of imide groups is 1. The standard InChI is InChI=1S/C18H15N3O2/c1-12-6-8-13(9-7-12)21-17(22)10-16(18(21)23)20-11-19-14-4-2-3-5-15(14)20/h2-9,11,16H,10H2,1H3/t16-/m1/s1. The van der Waals surface area contributed by atoms with Crippen molar-refractivity contribution in [1.29, 1.82) is 0 Å². The Balaban J connectivity index is 1.74. The van der Waals surface area contributed by atoms with Crippen molar-refractivity contribution in [3.63, 3.8) is 0 Å². The third-order valence-electron chi connectivity index (χ3n) is 4.23. The molecule has 0 aliphatic carbocycles. The number of fused-ring (bicyclic) bond motifs is 1. The quantitative estimate of drug-likeness (QED) is 0.684. The van der Waals surface area contributed by atoms with Crippen molar-refractivity contribution in [1.82, 2.24) is 9.55 Å². The largest absolute Gasteiger partial charge is 0.317 e. The molecule has 4 rings (SSSR count). The summed E-state index contributed by atoms with van der Waals surface area (Å²) in [7, 11) is 0. The normalized spacial score (nSPS) is 18.1. The smallest absolute Gasteiger partial charge is 0.257 e. The predicted molar refractivity (Wildman–Crippen MR) is 87.1 cm³/mol. The van der Waals surface area contributed by atoms with Crippen LogP contribution in [-0.2, 0) is 9.59 Å². The van der Waals surface area contributed by atoms with E-state index in [-0.39, 0.29) is 18.2 Å². The highest BCUT2D eigenvalue weighted by Crippen LogP contribution is 2.31. The summed E-state index contributed by atoms with van der Waals surface area (Å²) in [5, 5.41) is 0. The second kappa shape index (κ2) is 5.05. The van der Waals surface area contributed by atoms with Crippen molar-refractivity contribution in [3.8, 4) is 0 Å². The molecule has 0 radical (unpaired) electrons. The summed E-state index contributed by atoms with van der Waals surface area (Å²) >= 11 is 0. The zero-order valence-corrected chi connectivity index (χ0v) is 12.6. The van der Waals surface area contributed by atoms with Gasteiger partial charge in [-0.1, -0.05) is 29.8 Å². The number of carbonyl (C=O) groups is 2. The van der Waals surface area contributed by atoms with Crippen molar-refractivity contribution < 1.29 is 9.59 Å². The number of anilines is 1. The topological polar surface area (TPSA) is 55.2 Å². The molecule has 2 amide bonds. The molecule has 2 heterocycles. The Morgan fingerprint density at radius 1 is 1.04 bits per heavy atom. The van der Waals surface area contributed by atoms with Crippen molar-refractivity contribution in [2.45, 2.75) is 19.4 Å². The lowest BCUT2D eigenvalue weighted by Gasteiger charge is -2.16. The van der Waals surface area contributed by atoms with Crippen LogP contribution in [0.15, 0.2) is 54.9 Å². The number of aryl methyl sites for hydroxylation is 1. The minimum absolute atomic E-state index is 0.160. The van der Waals surface area contributed by atoms with E-state index in [9.17, 15) is 9.59 Å². The van der Waals surface area contributed by atoms with Crippen LogP contribution < -0.4 is 4.90 Å². The highest BCUT2D eigenvalue weighted by Gasteiger charge is 2.41. The Hall–Kier alpha value is -2.95. The van der Waals surface area contributed by atoms with E-state index in [1.165, 1.54) is 4.90 Å². The average Bonchev–Trinajstić information content (AvgIpc) is 3.10. The molecule has 23 heavy (non-hydrogen) atoms. The zero-order chi connectivity index (χ0) is 16.0. The van der Waals surface area contributed by atoms with Crippen molar-refractivity contribution in [2.24, 2.45) is 0 Å². The maximum Gasteiger partial charge on any atom is 0.257 e. The van der Waals surface area contributed by atoms with Gasteiger partial charge in [0, 0.05) is 0 Å². The molecule has 1 atom stereocenters. The van der Waals surface area contributed by atoms with Gasteiger partial charge in [-0.15, -0.1) is 0 Å². The Bertz CT molecular complexity index is 911. The molecule has 0 unspecified atom stereocenters. The summed E-state index contributed by atoms with van der Waals surface area (Å²) in [6.07, 6.45) is 1.80. The zero-order valence-electron chi connectivity index (χ0n) is 12.6. The van der Waals surface area contributed by atoms with Gasteiger partial charge in [-0.25, -0.2) is 9.88 Å². The fourth-order valence-electron chi connectivity index (χ4n) is 3.02. The van der Waals surface area contributed by atoms with Crippen LogP contribution in [0.2, 0.25) is 0 Å². The van der Waals surface area contributed by atoms with Crippen LogP contribution in [0.1, 0.15) is 18.0 Å². The van der Waals surface area contributed by atoms with Gasteiger partial charge in [0.2, 0.25) is 5.91 Å². The van der Waals surface area contributed by atoms with E-state index in [1.54, 1.807) is 23.0 Å². The molecule has 1 saturated heterocycles. The molecule has 5 heteroatoms. The number of hydrogen-bond acceptors (Lipinski definition) is 3. The van der Waals surface area contributed by atoms with Gasteiger partial charge in [0.1, 0.15) is 6.04 Å². The molecule has 114 valence electrons. The number of imidazole rings is 1. The first-order chi connectivity index (χ1) is 11.1. The molecule has 5 nitrogen and oxygen atoms in total. The number of rotatable bonds is 2. The molecule has 1 fully saturated rings. The third kappa shape index (κ3) is 2.12. The first kappa shape index (κ1) is 13.7. The summed E-state index contributed by atoms with van der Waals surface area (Å²) in [6, 6.07) is 14.5. The van der Waals surface area contributed by atoms with Crippen molar-refractivity contribution in [2.75, 3.05) is 4.90 Å². The molecule has 2 aromatic carbocycles. The van der Waals surface area contributed by atoms with E-state index in [2.05, 4.69) is 4.98 Å². The Kier molecular flexibility index (Phi) is 3.01. The van der Waals surface area contributed by atoms with E-state index >= 15 is 0 Å². The Labute approximate surface area is 133 Å². The molecular formula is C18H15N3O2. The van der Waals surface area contributed by atoms with Crippen LogP contribution in [0.3, 0.4) is 0 Å². The summed E-state index contributed by atoms with van der Waals surface area (Å²) in [5.74, 6) is -0.386. The number of aromatic nitrogens is 2. The van der Waals surface area contributed by atoms with E-state index in [0.717, 1.165) is 16.6 Å².